The molecule has 1 fully saturated rings. The van der Waals surface area contributed by atoms with Gasteiger partial charge in [-0.2, -0.15) is 5.10 Å². The Hall–Kier alpha value is -1.81. The molecule has 0 radical (unpaired) electrons. The highest BCUT2D eigenvalue weighted by atomic mass is 15.4. The Balaban J connectivity index is 2.08. The third kappa shape index (κ3) is 2.56. The van der Waals surface area contributed by atoms with Crippen LogP contribution >= 0.6 is 0 Å². The third-order valence-electron chi connectivity index (χ3n) is 4.51. The molecular weight excluding hydrogens is 260 g/mol. The molecule has 2 aromatic rings. The Morgan fingerprint density at radius 2 is 2.00 bits per heavy atom. The molecule has 21 heavy (non-hydrogen) atoms. The van der Waals surface area contributed by atoms with E-state index in [9.17, 15) is 0 Å². The number of hydrogen-bond acceptors (Lipinski definition) is 3. The first-order valence-corrected chi connectivity index (χ1v) is 7.79. The summed E-state index contributed by atoms with van der Waals surface area (Å²) in [6, 6.07) is 11.0. The molecule has 0 aliphatic heterocycles. The first-order chi connectivity index (χ1) is 10.2. The van der Waals surface area contributed by atoms with Gasteiger partial charge in [-0.3, -0.25) is 0 Å². The monoisotopic (exact) mass is 284 g/mol. The Kier molecular flexibility index (Phi) is 3.97. The van der Waals surface area contributed by atoms with Gasteiger partial charge in [0.1, 0.15) is 5.82 Å². The molecule has 0 atom stereocenters. The lowest BCUT2D eigenvalue weighted by Gasteiger charge is -2.37. The van der Waals surface area contributed by atoms with Crippen LogP contribution in [0.1, 0.15) is 30.5 Å². The lowest BCUT2D eigenvalue weighted by Crippen LogP contribution is -2.38. The van der Waals surface area contributed by atoms with Gasteiger partial charge in [0.25, 0.3) is 0 Å². The molecule has 4 nitrogen and oxygen atoms in total. The molecule has 0 unspecified atom stereocenters. The molecule has 1 heterocycles. The van der Waals surface area contributed by atoms with Crippen molar-refractivity contribution < 1.29 is 0 Å². The molecule has 0 spiro atoms. The Morgan fingerprint density at radius 3 is 2.57 bits per heavy atom. The fourth-order valence-electron chi connectivity index (χ4n) is 3.04. The number of aryl methyl sites for hydroxylation is 1. The van der Waals surface area contributed by atoms with Crippen molar-refractivity contribution in [1.82, 2.24) is 9.78 Å². The first-order valence-electron chi connectivity index (χ1n) is 7.79. The van der Waals surface area contributed by atoms with Crippen molar-refractivity contribution in [1.29, 1.82) is 0 Å². The van der Waals surface area contributed by atoms with Gasteiger partial charge in [-0.05, 0) is 51.3 Å². The molecule has 4 heteroatoms. The summed E-state index contributed by atoms with van der Waals surface area (Å²) in [7, 11) is 2.19. The van der Waals surface area contributed by atoms with E-state index in [-0.39, 0.29) is 0 Å². The molecule has 1 aromatic carbocycles. The van der Waals surface area contributed by atoms with Gasteiger partial charge in [0, 0.05) is 18.7 Å². The number of rotatable bonds is 5. The van der Waals surface area contributed by atoms with Crippen molar-refractivity contribution >= 4 is 5.82 Å². The van der Waals surface area contributed by atoms with Crippen molar-refractivity contribution in [3.63, 3.8) is 0 Å². The van der Waals surface area contributed by atoms with Crippen LogP contribution in [0.25, 0.3) is 5.69 Å². The molecule has 3 rings (SSSR count). The van der Waals surface area contributed by atoms with E-state index in [0.717, 1.165) is 17.8 Å². The van der Waals surface area contributed by atoms with Crippen LogP contribution in [0.15, 0.2) is 30.3 Å². The minimum Gasteiger partial charge on any atom is -0.356 e. The quantitative estimate of drug-likeness (QED) is 0.918. The number of nitrogens with zero attached hydrogens (tertiary/aromatic N) is 3. The van der Waals surface area contributed by atoms with Gasteiger partial charge in [0.2, 0.25) is 0 Å². The van der Waals surface area contributed by atoms with Crippen LogP contribution < -0.4 is 10.6 Å². The van der Waals surface area contributed by atoms with Crippen LogP contribution in [0.5, 0.6) is 0 Å². The predicted molar refractivity (Wildman–Crippen MR) is 87.1 cm³/mol. The molecule has 0 saturated heterocycles. The Morgan fingerprint density at radius 1 is 1.29 bits per heavy atom. The van der Waals surface area contributed by atoms with Crippen LogP contribution in [0.2, 0.25) is 0 Å². The number of aromatic nitrogens is 2. The second-order valence-electron chi connectivity index (χ2n) is 5.87. The van der Waals surface area contributed by atoms with E-state index in [1.165, 1.54) is 30.6 Å². The molecule has 0 amide bonds. The van der Waals surface area contributed by atoms with E-state index in [0.29, 0.717) is 12.6 Å². The molecular formula is C17H24N4. The highest BCUT2D eigenvalue weighted by Gasteiger charge is 2.28. The molecule has 1 aromatic heterocycles. The van der Waals surface area contributed by atoms with Gasteiger partial charge >= 0.3 is 0 Å². The van der Waals surface area contributed by atoms with Crippen LogP contribution in [-0.2, 0) is 6.42 Å². The lowest BCUT2D eigenvalue weighted by molar-refractivity contribution is 0.397. The van der Waals surface area contributed by atoms with Crippen molar-refractivity contribution in [3.8, 4) is 5.69 Å². The van der Waals surface area contributed by atoms with Crippen molar-refractivity contribution in [2.75, 3.05) is 18.5 Å². The maximum absolute atomic E-state index is 5.81. The number of anilines is 1. The summed E-state index contributed by atoms with van der Waals surface area (Å²) in [5.74, 6) is 1.22. The number of para-hydroxylation sites is 1. The molecule has 0 bridgehead atoms. The molecule has 2 N–H and O–H groups in total. The van der Waals surface area contributed by atoms with E-state index in [4.69, 9.17) is 10.8 Å². The van der Waals surface area contributed by atoms with Crippen molar-refractivity contribution in [2.45, 2.75) is 38.6 Å². The summed E-state index contributed by atoms with van der Waals surface area (Å²) in [5, 5.41) is 4.78. The zero-order chi connectivity index (χ0) is 14.8. The summed E-state index contributed by atoms with van der Waals surface area (Å²) in [6.45, 7) is 2.75. The highest BCUT2D eigenvalue weighted by Crippen LogP contribution is 2.33. The average Bonchev–Trinajstić information content (AvgIpc) is 2.76. The van der Waals surface area contributed by atoms with Crippen molar-refractivity contribution in [3.05, 3.63) is 41.6 Å². The van der Waals surface area contributed by atoms with Crippen molar-refractivity contribution in [2.24, 2.45) is 5.73 Å². The fraction of sp³-hybridized carbons (Fsp3) is 0.471. The van der Waals surface area contributed by atoms with Crippen LogP contribution in [0, 0.1) is 6.92 Å². The Labute approximate surface area is 126 Å². The average molecular weight is 284 g/mol. The summed E-state index contributed by atoms with van der Waals surface area (Å²) in [4.78, 5) is 2.40. The van der Waals surface area contributed by atoms with Gasteiger partial charge in [0.05, 0.1) is 11.4 Å². The maximum Gasteiger partial charge on any atom is 0.135 e. The van der Waals surface area contributed by atoms with E-state index < -0.39 is 0 Å². The molecule has 1 aliphatic rings. The molecule has 1 saturated carbocycles. The van der Waals surface area contributed by atoms with Gasteiger partial charge in [-0.15, -0.1) is 0 Å². The van der Waals surface area contributed by atoms with E-state index in [1.807, 2.05) is 6.07 Å². The topological polar surface area (TPSA) is 47.1 Å². The highest BCUT2D eigenvalue weighted by molar-refractivity contribution is 5.56. The minimum absolute atomic E-state index is 0.639. The number of benzene rings is 1. The van der Waals surface area contributed by atoms with E-state index in [1.54, 1.807) is 0 Å². The van der Waals surface area contributed by atoms with Crippen LogP contribution in [0.3, 0.4) is 0 Å². The predicted octanol–water partition coefficient (Wildman–Crippen LogP) is 2.67. The minimum atomic E-state index is 0.639. The normalized spacial score (nSPS) is 15.0. The summed E-state index contributed by atoms with van der Waals surface area (Å²) in [5.41, 5.74) is 9.31. The smallest absolute Gasteiger partial charge is 0.135 e. The third-order valence-corrected chi connectivity index (χ3v) is 4.51. The van der Waals surface area contributed by atoms with Gasteiger partial charge < -0.3 is 10.6 Å². The summed E-state index contributed by atoms with van der Waals surface area (Å²) in [6.07, 6.45) is 4.76. The molecule has 1 aliphatic carbocycles. The maximum atomic E-state index is 5.81. The largest absolute Gasteiger partial charge is 0.356 e. The van der Waals surface area contributed by atoms with Gasteiger partial charge in [0.15, 0.2) is 0 Å². The zero-order valence-electron chi connectivity index (χ0n) is 12.9. The number of hydrogen-bond donors (Lipinski definition) is 1. The summed E-state index contributed by atoms with van der Waals surface area (Å²) >= 11 is 0. The van der Waals surface area contributed by atoms with E-state index in [2.05, 4.69) is 47.8 Å². The second-order valence-corrected chi connectivity index (χ2v) is 5.87. The van der Waals surface area contributed by atoms with E-state index >= 15 is 0 Å². The van der Waals surface area contributed by atoms with Crippen LogP contribution in [0.4, 0.5) is 5.82 Å². The van der Waals surface area contributed by atoms with Crippen LogP contribution in [-0.4, -0.2) is 29.4 Å². The Bertz CT molecular complexity index is 599. The number of nitrogens with two attached hydrogens (primary N) is 1. The fourth-order valence-corrected chi connectivity index (χ4v) is 3.04. The zero-order valence-corrected chi connectivity index (χ0v) is 12.9. The SMILES string of the molecule is Cc1nn(-c2ccccc2)c(N(C)C2CCC2)c1CCN. The second kappa shape index (κ2) is 5.90. The standard InChI is InChI=1S/C17H24N4/c1-13-16(11-12-18)17(20(2)14-9-6-10-14)21(19-13)15-7-4-3-5-8-15/h3-5,7-8,14H,6,9-12,18H2,1-2H3. The summed E-state index contributed by atoms with van der Waals surface area (Å²) < 4.78 is 2.08. The van der Waals surface area contributed by atoms with Gasteiger partial charge in [-0.25, -0.2) is 4.68 Å². The van der Waals surface area contributed by atoms with Gasteiger partial charge in [-0.1, -0.05) is 18.2 Å². The lowest BCUT2D eigenvalue weighted by atomic mass is 9.91. The molecule has 112 valence electrons. The first kappa shape index (κ1) is 14.1.